The Kier molecular flexibility index (Phi) is 4.03. The van der Waals surface area contributed by atoms with Crippen molar-refractivity contribution >= 4 is 35.0 Å². The molecule has 84 valence electrons. The SMILES string of the molecule is Oc1cc(SCC(F)(F)F)c(Cl)cc1Cl. The molecule has 15 heavy (non-hydrogen) atoms. The van der Waals surface area contributed by atoms with Gasteiger partial charge in [-0.1, -0.05) is 23.2 Å². The lowest BCUT2D eigenvalue weighted by Gasteiger charge is -2.08. The van der Waals surface area contributed by atoms with Crippen LogP contribution in [-0.4, -0.2) is 17.0 Å². The fraction of sp³-hybridized carbons (Fsp3) is 0.250. The van der Waals surface area contributed by atoms with Gasteiger partial charge in [0.05, 0.1) is 15.8 Å². The monoisotopic (exact) mass is 276 g/mol. The van der Waals surface area contributed by atoms with Crippen LogP contribution in [0, 0.1) is 0 Å². The van der Waals surface area contributed by atoms with Gasteiger partial charge < -0.3 is 5.11 Å². The number of rotatable bonds is 2. The van der Waals surface area contributed by atoms with Crippen LogP contribution in [0.5, 0.6) is 5.75 Å². The van der Waals surface area contributed by atoms with E-state index in [4.69, 9.17) is 28.3 Å². The number of phenols is 1. The molecule has 0 radical (unpaired) electrons. The van der Waals surface area contributed by atoms with Crippen LogP contribution in [0.15, 0.2) is 17.0 Å². The number of thioether (sulfide) groups is 1. The predicted molar refractivity (Wildman–Crippen MR) is 54.9 cm³/mol. The highest BCUT2D eigenvalue weighted by Gasteiger charge is 2.27. The molecule has 1 N–H and O–H groups in total. The van der Waals surface area contributed by atoms with Gasteiger partial charge >= 0.3 is 6.18 Å². The lowest BCUT2D eigenvalue weighted by atomic mass is 10.3. The largest absolute Gasteiger partial charge is 0.506 e. The second-order valence-corrected chi connectivity index (χ2v) is 4.47. The topological polar surface area (TPSA) is 20.2 Å². The van der Waals surface area contributed by atoms with E-state index in [1.165, 1.54) is 6.07 Å². The molecular weight excluding hydrogens is 272 g/mol. The Morgan fingerprint density at radius 3 is 2.33 bits per heavy atom. The summed E-state index contributed by atoms with van der Waals surface area (Å²) in [5.74, 6) is -1.35. The van der Waals surface area contributed by atoms with Gasteiger partial charge in [-0.25, -0.2) is 0 Å². The molecule has 0 spiro atoms. The molecule has 0 aromatic heterocycles. The first-order valence-electron chi connectivity index (χ1n) is 3.67. The van der Waals surface area contributed by atoms with E-state index in [0.29, 0.717) is 11.8 Å². The van der Waals surface area contributed by atoms with Crippen molar-refractivity contribution in [3.63, 3.8) is 0 Å². The van der Waals surface area contributed by atoms with Crippen molar-refractivity contribution in [2.24, 2.45) is 0 Å². The van der Waals surface area contributed by atoms with E-state index in [2.05, 4.69) is 0 Å². The maximum absolute atomic E-state index is 11.9. The molecule has 0 fully saturated rings. The smallest absolute Gasteiger partial charge is 0.398 e. The zero-order chi connectivity index (χ0) is 11.6. The highest BCUT2D eigenvalue weighted by atomic mass is 35.5. The normalized spacial score (nSPS) is 11.8. The molecular formula is C8H5Cl2F3OS. The zero-order valence-electron chi connectivity index (χ0n) is 7.11. The Labute approximate surface area is 98.2 Å². The summed E-state index contributed by atoms with van der Waals surface area (Å²) in [7, 11) is 0. The van der Waals surface area contributed by atoms with Gasteiger partial charge in [0.2, 0.25) is 0 Å². The fourth-order valence-corrected chi connectivity index (χ4v) is 2.05. The highest BCUT2D eigenvalue weighted by molar-refractivity contribution is 7.99. The van der Waals surface area contributed by atoms with Crippen LogP contribution in [0.25, 0.3) is 0 Å². The summed E-state index contributed by atoms with van der Waals surface area (Å²) in [4.78, 5) is 0.149. The number of aromatic hydroxyl groups is 1. The first-order chi connectivity index (χ1) is 6.79. The molecule has 7 heteroatoms. The van der Waals surface area contributed by atoms with Gasteiger partial charge in [-0.05, 0) is 12.1 Å². The van der Waals surface area contributed by atoms with E-state index in [9.17, 15) is 13.2 Å². The number of phenolic OH excluding ortho intramolecular Hbond substituents is 1. The van der Waals surface area contributed by atoms with E-state index in [0.717, 1.165) is 6.07 Å². The Balaban J connectivity index is 2.82. The predicted octanol–water partition coefficient (Wildman–Crippen LogP) is 4.35. The number of hydrogen-bond donors (Lipinski definition) is 1. The average Bonchev–Trinajstić information content (AvgIpc) is 2.07. The summed E-state index contributed by atoms with van der Waals surface area (Å²) in [6.45, 7) is 0. The maximum Gasteiger partial charge on any atom is 0.398 e. The van der Waals surface area contributed by atoms with E-state index >= 15 is 0 Å². The van der Waals surface area contributed by atoms with Crippen LogP contribution in [0.1, 0.15) is 0 Å². The Bertz CT molecular complexity index is 368. The Morgan fingerprint density at radius 2 is 1.80 bits per heavy atom. The number of benzene rings is 1. The molecule has 1 nitrogen and oxygen atoms in total. The summed E-state index contributed by atoms with van der Waals surface area (Å²) in [5, 5.41) is 9.27. The minimum Gasteiger partial charge on any atom is -0.506 e. The third kappa shape index (κ3) is 4.01. The van der Waals surface area contributed by atoms with Crippen LogP contribution >= 0.6 is 35.0 Å². The van der Waals surface area contributed by atoms with Crippen molar-refractivity contribution in [2.75, 3.05) is 5.75 Å². The standard InChI is InChI=1S/C8H5Cl2F3OS/c9-4-1-5(10)7(2-6(4)14)15-3-8(11,12)13/h1-2,14H,3H2. The van der Waals surface area contributed by atoms with Gasteiger partial charge in [0, 0.05) is 4.90 Å². The van der Waals surface area contributed by atoms with Crippen LogP contribution in [0.4, 0.5) is 13.2 Å². The van der Waals surface area contributed by atoms with E-state index in [1.807, 2.05) is 0 Å². The molecule has 0 heterocycles. The Hall–Kier alpha value is -0.260. The van der Waals surface area contributed by atoms with Crippen molar-refractivity contribution in [3.8, 4) is 5.75 Å². The summed E-state index contributed by atoms with van der Waals surface area (Å²) in [5.41, 5.74) is 0. The minimum atomic E-state index is -4.27. The van der Waals surface area contributed by atoms with Crippen LogP contribution in [0.2, 0.25) is 10.0 Å². The minimum absolute atomic E-state index is 0.0105. The summed E-state index contributed by atoms with van der Waals surface area (Å²) in [6, 6.07) is 2.32. The van der Waals surface area contributed by atoms with Gasteiger partial charge in [-0.3, -0.25) is 0 Å². The van der Waals surface area contributed by atoms with Crippen LogP contribution in [-0.2, 0) is 0 Å². The molecule has 0 saturated heterocycles. The molecule has 0 amide bonds. The van der Waals surface area contributed by atoms with Crippen molar-refractivity contribution in [3.05, 3.63) is 22.2 Å². The quantitative estimate of drug-likeness (QED) is 0.811. The molecule has 0 atom stereocenters. The number of alkyl halides is 3. The van der Waals surface area contributed by atoms with E-state index < -0.39 is 11.9 Å². The van der Waals surface area contributed by atoms with Crippen LogP contribution in [0.3, 0.4) is 0 Å². The average molecular weight is 277 g/mol. The molecule has 0 bridgehead atoms. The lowest BCUT2D eigenvalue weighted by molar-refractivity contribution is -0.105. The summed E-state index contributed by atoms with van der Waals surface area (Å²) >= 11 is 11.7. The van der Waals surface area contributed by atoms with E-state index in [1.54, 1.807) is 0 Å². The first-order valence-corrected chi connectivity index (χ1v) is 5.41. The van der Waals surface area contributed by atoms with Gasteiger partial charge in [0.25, 0.3) is 0 Å². The summed E-state index contributed by atoms with van der Waals surface area (Å²) in [6.07, 6.45) is -4.27. The lowest BCUT2D eigenvalue weighted by Crippen LogP contribution is -2.10. The molecule has 0 aliphatic carbocycles. The molecule has 0 aliphatic rings. The third-order valence-corrected chi connectivity index (χ3v) is 3.24. The fourth-order valence-electron chi connectivity index (χ4n) is 0.789. The highest BCUT2D eigenvalue weighted by Crippen LogP contribution is 2.37. The van der Waals surface area contributed by atoms with E-state index in [-0.39, 0.29) is 20.7 Å². The number of hydrogen-bond acceptors (Lipinski definition) is 2. The van der Waals surface area contributed by atoms with Crippen LogP contribution < -0.4 is 0 Å². The molecule has 1 aromatic carbocycles. The second-order valence-electron chi connectivity index (χ2n) is 2.64. The van der Waals surface area contributed by atoms with Crippen molar-refractivity contribution < 1.29 is 18.3 Å². The number of halogens is 5. The van der Waals surface area contributed by atoms with Gasteiger partial charge in [0.15, 0.2) is 0 Å². The third-order valence-electron chi connectivity index (χ3n) is 1.39. The Morgan fingerprint density at radius 1 is 1.20 bits per heavy atom. The van der Waals surface area contributed by atoms with Gasteiger partial charge in [-0.2, -0.15) is 13.2 Å². The molecule has 1 rings (SSSR count). The molecule has 0 saturated carbocycles. The second kappa shape index (κ2) is 4.72. The van der Waals surface area contributed by atoms with Gasteiger partial charge in [-0.15, -0.1) is 11.8 Å². The first kappa shape index (κ1) is 12.8. The molecule has 0 aliphatic heterocycles. The summed E-state index contributed by atoms with van der Waals surface area (Å²) < 4.78 is 35.7. The van der Waals surface area contributed by atoms with Crippen molar-refractivity contribution in [2.45, 2.75) is 11.1 Å². The van der Waals surface area contributed by atoms with Crippen molar-refractivity contribution in [1.29, 1.82) is 0 Å². The molecule has 0 unspecified atom stereocenters. The zero-order valence-corrected chi connectivity index (χ0v) is 9.44. The van der Waals surface area contributed by atoms with Crippen molar-refractivity contribution in [1.82, 2.24) is 0 Å². The van der Waals surface area contributed by atoms with Gasteiger partial charge in [0.1, 0.15) is 5.75 Å². The maximum atomic E-state index is 11.9. The molecule has 1 aromatic rings.